The highest BCUT2D eigenvalue weighted by Crippen LogP contribution is 2.37. The number of aryl methyl sites for hydroxylation is 2. The van der Waals surface area contributed by atoms with Gasteiger partial charge < -0.3 is 18.9 Å². The molecular formula is C16H24N2O4. The number of carbonyl (C=O) groups is 1. The topological polar surface area (TPSA) is 64.8 Å². The molecule has 2 aliphatic rings. The molecule has 3 heterocycles. The van der Waals surface area contributed by atoms with Crippen molar-refractivity contribution < 1.29 is 18.8 Å². The van der Waals surface area contributed by atoms with Gasteiger partial charge in [0.1, 0.15) is 5.76 Å². The number of hydrogen-bond donors (Lipinski definition) is 0. The van der Waals surface area contributed by atoms with E-state index in [4.69, 9.17) is 14.0 Å². The van der Waals surface area contributed by atoms with E-state index in [-0.39, 0.29) is 11.3 Å². The van der Waals surface area contributed by atoms with Crippen LogP contribution in [0.3, 0.4) is 0 Å². The van der Waals surface area contributed by atoms with Gasteiger partial charge in [-0.3, -0.25) is 4.79 Å². The molecule has 0 saturated carbocycles. The summed E-state index contributed by atoms with van der Waals surface area (Å²) >= 11 is 0. The maximum atomic E-state index is 12.3. The third-order valence-corrected chi connectivity index (χ3v) is 4.63. The van der Waals surface area contributed by atoms with Crippen LogP contribution in [-0.2, 0) is 20.7 Å². The second kappa shape index (κ2) is 5.35. The van der Waals surface area contributed by atoms with Gasteiger partial charge in [-0.2, -0.15) is 0 Å². The van der Waals surface area contributed by atoms with Crippen LogP contribution in [-0.4, -0.2) is 48.1 Å². The van der Waals surface area contributed by atoms with E-state index in [1.807, 2.05) is 32.6 Å². The van der Waals surface area contributed by atoms with Crippen molar-refractivity contribution in [1.29, 1.82) is 0 Å². The van der Waals surface area contributed by atoms with E-state index in [0.717, 1.165) is 30.1 Å². The summed E-state index contributed by atoms with van der Waals surface area (Å²) in [6, 6.07) is 0. The van der Waals surface area contributed by atoms with Gasteiger partial charge in [0.2, 0.25) is 5.91 Å². The van der Waals surface area contributed by atoms with Crippen molar-refractivity contribution in [3.63, 3.8) is 0 Å². The van der Waals surface area contributed by atoms with Crippen LogP contribution in [0.5, 0.6) is 0 Å². The Kier molecular flexibility index (Phi) is 3.77. The van der Waals surface area contributed by atoms with Crippen molar-refractivity contribution >= 4 is 5.91 Å². The quantitative estimate of drug-likeness (QED) is 0.852. The van der Waals surface area contributed by atoms with Crippen molar-refractivity contribution in [2.75, 3.05) is 26.3 Å². The number of amides is 1. The fourth-order valence-electron chi connectivity index (χ4n) is 3.11. The Bertz CT molecular complexity index is 541. The van der Waals surface area contributed by atoms with Crippen LogP contribution in [0.15, 0.2) is 4.52 Å². The first-order valence-electron chi connectivity index (χ1n) is 7.78. The summed E-state index contributed by atoms with van der Waals surface area (Å²) in [6.45, 7) is 10.4. The van der Waals surface area contributed by atoms with Gasteiger partial charge in [-0.1, -0.05) is 5.16 Å². The molecule has 1 amide bonds. The minimum absolute atomic E-state index is 0.00574. The van der Waals surface area contributed by atoms with Gasteiger partial charge in [0, 0.05) is 25.1 Å². The zero-order valence-electron chi connectivity index (χ0n) is 13.8. The molecule has 6 nitrogen and oxygen atoms in total. The number of likely N-dealkylation sites (tertiary alicyclic amines) is 1. The monoisotopic (exact) mass is 308 g/mol. The molecule has 0 aromatic carbocycles. The minimum Gasteiger partial charge on any atom is -0.361 e. The van der Waals surface area contributed by atoms with E-state index in [9.17, 15) is 4.79 Å². The zero-order valence-corrected chi connectivity index (χ0v) is 13.8. The van der Waals surface area contributed by atoms with Crippen molar-refractivity contribution in [2.45, 2.75) is 46.3 Å². The molecule has 3 rings (SSSR count). The molecule has 0 radical (unpaired) electrons. The molecule has 2 fully saturated rings. The highest BCUT2D eigenvalue weighted by molar-refractivity contribution is 5.77. The van der Waals surface area contributed by atoms with Gasteiger partial charge in [-0.25, -0.2) is 0 Å². The lowest BCUT2D eigenvalue weighted by Gasteiger charge is -2.54. The van der Waals surface area contributed by atoms with Gasteiger partial charge in [0.25, 0.3) is 0 Å². The van der Waals surface area contributed by atoms with Gasteiger partial charge in [0.15, 0.2) is 5.79 Å². The maximum absolute atomic E-state index is 12.3. The Morgan fingerprint density at radius 1 is 1.23 bits per heavy atom. The molecule has 0 atom stereocenters. The van der Waals surface area contributed by atoms with Crippen LogP contribution in [0.2, 0.25) is 0 Å². The molecule has 1 aromatic heterocycles. The van der Waals surface area contributed by atoms with Crippen LogP contribution in [0, 0.1) is 19.3 Å². The average molecular weight is 308 g/mol. The van der Waals surface area contributed by atoms with Crippen LogP contribution in [0.25, 0.3) is 0 Å². The van der Waals surface area contributed by atoms with E-state index in [0.29, 0.717) is 26.1 Å². The molecule has 0 unspecified atom stereocenters. The van der Waals surface area contributed by atoms with E-state index >= 15 is 0 Å². The SMILES string of the molecule is Cc1noc(C)c1CCC(=O)N1CC2(COC(C)(C)OC2)C1. The first-order valence-corrected chi connectivity index (χ1v) is 7.78. The number of aromatic nitrogens is 1. The van der Waals surface area contributed by atoms with E-state index in [1.165, 1.54) is 0 Å². The summed E-state index contributed by atoms with van der Waals surface area (Å²) in [7, 11) is 0. The molecule has 0 aliphatic carbocycles. The molecule has 0 N–H and O–H groups in total. The molecular weight excluding hydrogens is 284 g/mol. The largest absolute Gasteiger partial charge is 0.361 e. The summed E-state index contributed by atoms with van der Waals surface area (Å²) in [4.78, 5) is 14.2. The molecule has 2 saturated heterocycles. The zero-order chi connectivity index (χ0) is 16.0. The molecule has 1 aromatic rings. The molecule has 22 heavy (non-hydrogen) atoms. The first-order chi connectivity index (χ1) is 10.3. The third kappa shape index (κ3) is 2.90. The Hall–Kier alpha value is -1.40. The lowest BCUT2D eigenvalue weighted by Crippen LogP contribution is -2.65. The average Bonchev–Trinajstić information content (AvgIpc) is 2.73. The summed E-state index contributed by atoms with van der Waals surface area (Å²) in [5.74, 6) is 0.482. The standard InChI is InChI=1S/C16H24N2O4/c1-11-13(12(2)22-17-11)5-6-14(19)18-7-16(8-18)9-20-15(3,4)21-10-16/h5-10H2,1-4H3. The van der Waals surface area contributed by atoms with Crippen LogP contribution in [0.1, 0.15) is 37.3 Å². The second-order valence-corrected chi connectivity index (χ2v) is 7.03. The number of nitrogens with zero attached hydrogens (tertiary/aromatic N) is 2. The predicted octanol–water partition coefficient (Wildman–Crippen LogP) is 1.84. The van der Waals surface area contributed by atoms with Crippen molar-refractivity contribution in [3.05, 3.63) is 17.0 Å². The molecule has 0 bridgehead atoms. The van der Waals surface area contributed by atoms with Crippen molar-refractivity contribution in [2.24, 2.45) is 5.41 Å². The lowest BCUT2D eigenvalue weighted by atomic mass is 9.80. The van der Waals surface area contributed by atoms with Gasteiger partial charge >= 0.3 is 0 Å². The van der Waals surface area contributed by atoms with Gasteiger partial charge in [-0.05, 0) is 34.1 Å². The Morgan fingerprint density at radius 2 is 1.86 bits per heavy atom. The van der Waals surface area contributed by atoms with Gasteiger partial charge in [-0.15, -0.1) is 0 Å². The van der Waals surface area contributed by atoms with Crippen molar-refractivity contribution in [3.8, 4) is 0 Å². The van der Waals surface area contributed by atoms with E-state index in [2.05, 4.69) is 5.16 Å². The lowest BCUT2D eigenvalue weighted by molar-refractivity contribution is -0.302. The van der Waals surface area contributed by atoms with Crippen molar-refractivity contribution in [1.82, 2.24) is 10.1 Å². The Balaban J connectivity index is 1.48. The summed E-state index contributed by atoms with van der Waals surface area (Å²) in [5.41, 5.74) is 1.92. The van der Waals surface area contributed by atoms with Crippen LogP contribution in [0.4, 0.5) is 0 Å². The van der Waals surface area contributed by atoms with Crippen LogP contribution < -0.4 is 0 Å². The fraction of sp³-hybridized carbons (Fsp3) is 0.750. The summed E-state index contributed by atoms with van der Waals surface area (Å²) in [5, 5.41) is 3.92. The van der Waals surface area contributed by atoms with E-state index < -0.39 is 5.79 Å². The number of ether oxygens (including phenoxy) is 2. The first kappa shape index (κ1) is 15.5. The smallest absolute Gasteiger partial charge is 0.222 e. The molecule has 6 heteroatoms. The highest BCUT2D eigenvalue weighted by Gasteiger charge is 2.49. The Labute approximate surface area is 130 Å². The number of rotatable bonds is 3. The third-order valence-electron chi connectivity index (χ3n) is 4.63. The molecule has 122 valence electrons. The predicted molar refractivity (Wildman–Crippen MR) is 79.3 cm³/mol. The number of hydrogen-bond acceptors (Lipinski definition) is 5. The van der Waals surface area contributed by atoms with E-state index in [1.54, 1.807) is 0 Å². The summed E-state index contributed by atoms with van der Waals surface area (Å²) < 4.78 is 16.6. The molecule has 2 aliphatic heterocycles. The summed E-state index contributed by atoms with van der Waals surface area (Å²) in [6.07, 6.45) is 1.18. The highest BCUT2D eigenvalue weighted by atomic mass is 16.7. The Morgan fingerprint density at radius 3 is 2.41 bits per heavy atom. The van der Waals surface area contributed by atoms with Crippen LogP contribution >= 0.6 is 0 Å². The second-order valence-electron chi connectivity index (χ2n) is 7.03. The fourth-order valence-corrected chi connectivity index (χ4v) is 3.11. The van der Waals surface area contributed by atoms with Gasteiger partial charge in [0.05, 0.1) is 24.3 Å². The minimum atomic E-state index is -0.501. The molecule has 1 spiro atoms. The maximum Gasteiger partial charge on any atom is 0.222 e. The number of carbonyl (C=O) groups excluding carboxylic acids is 1. The normalized spacial score (nSPS) is 22.6.